The van der Waals surface area contributed by atoms with Gasteiger partial charge in [0.1, 0.15) is 11.5 Å². The summed E-state index contributed by atoms with van der Waals surface area (Å²) in [5.41, 5.74) is 1.31. The van der Waals surface area contributed by atoms with Gasteiger partial charge in [0.2, 0.25) is 0 Å². The lowest BCUT2D eigenvalue weighted by molar-refractivity contribution is -0.132. The topological polar surface area (TPSA) is 96.3 Å². The summed E-state index contributed by atoms with van der Waals surface area (Å²) in [7, 11) is 0. The van der Waals surface area contributed by atoms with Crippen molar-refractivity contribution in [3.05, 3.63) is 87.9 Å². The number of Topliss-reactive ketones (excluding diaryl/α,β-unsaturated/α-hetero) is 1. The molecule has 1 saturated heterocycles. The molecule has 0 bridgehead atoms. The Bertz CT molecular complexity index is 1280. The number of carbonyl (C=O) groups is 2. The molecule has 1 atom stereocenters. The Kier molecular flexibility index (Phi) is 7.12. The number of hydrogen-bond acceptors (Lipinski definition) is 6. The highest BCUT2D eigenvalue weighted by Crippen LogP contribution is 2.44. The van der Waals surface area contributed by atoms with Gasteiger partial charge in [-0.3, -0.25) is 14.5 Å². The molecule has 180 valence electrons. The summed E-state index contributed by atoms with van der Waals surface area (Å²) < 4.78 is 12.2. The normalized spacial score (nSPS) is 17.0. The summed E-state index contributed by atoms with van der Waals surface area (Å²) in [5, 5.41) is 21.0. The maximum absolute atomic E-state index is 13.3. The molecular formula is C27H24BrNO6. The van der Waals surface area contributed by atoms with Crippen LogP contribution in [0.25, 0.3) is 5.76 Å². The SMILES string of the molecule is CCOc1ccc(N2C(=O)C(=O)/C(=C(/O)c3ccc(Br)cc3)C2c2ccc(O)cc2)cc1OCC. The van der Waals surface area contributed by atoms with E-state index in [-0.39, 0.29) is 17.1 Å². The highest BCUT2D eigenvalue weighted by Gasteiger charge is 2.47. The van der Waals surface area contributed by atoms with Crippen LogP contribution in [0.5, 0.6) is 17.2 Å². The Labute approximate surface area is 211 Å². The summed E-state index contributed by atoms with van der Waals surface area (Å²) in [5.74, 6) is -0.883. The van der Waals surface area contributed by atoms with Crippen molar-refractivity contribution < 1.29 is 29.3 Å². The first-order valence-corrected chi connectivity index (χ1v) is 11.9. The third kappa shape index (κ3) is 4.74. The van der Waals surface area contributed by atoms with Gasteiger partial charge in [0.15, 0.2) is 11.5 Å². The number of nitrogens with zero attached hydrogens (tertiary/aromatic N) is 1. The van der Waals surface area contributed by atoms with Crippen molar-refractivity contribution in [3.63, 3.8) is 0 Å². The molecule has 1 aliphatic heterocycles. The Morgan fingerprint density at radius 3 is 2.17 bits per heavy atom. The van der Waals surface area contributed by atoms with E-state index < -0.39 is 17.7 Å². The van der Waals surface area contributed by atoms with Gasteiger partial charge in [-0.05, 0) is 55.8 Å². The second kappa shape index (κ2) is 10.2. The van der Waals surface area contributed by atoms with Crippen molar-refractivity contribution in [2.45, 2.75) is 19.9 Å². The number of carbonyl (C=O) groups excluding carboxylic acids is 2. The number of phenolic OH excluding ortho intramolecular Hbond substituents is 1. The number of hydrogen-bond donors (Lipinski definition) is 2. The molecule has 1 fully saturated rings. The molecule has 35 heavy (non-hydrogen) atoms. The van der Waals surface area contributed by atoms with Gasteiger partial charge in [0.05, 0.1) is 24.8 Å². The summed E-state index contributed by atoms with van der Waals surface area (Å²) >= 11 is 3.36. The van der Waals surface area contributed by atoms with Crippen LogP contribution < -0.4 is 14.4 Å². The Morgan fingerprint density at radius 2 is 1.54 bits per heavy atom. The number of ether oxygens (including phenoxy) is 2. The molecule has 0 aliphatic carbocycles. The molecule has 3 aromatic rings. The van der Waals surface area contributed by atoms with E-state index in [0.717, 1.165) is 4.47 Å². The fraction of sp³-hybridized carbons (Fsp3) is 0.185. The van der Waals surface area contributed by atoms with Crippen LogP contribution in [0, 0.1) is 0 Å². The molecule has 7 nitrogen and oxygen atoms in total. The van der Waals surface area contributed by atoms with Gasteiger partial charge in [-0.25, -0.2) is 0 Å². The van der Waals surface area contributed by atoms with Crippen LogP contribution in [0.3, 0.4) is 0 Å². The van der Waals surface area contributed by atoms with Crippen molar-refractivity contribution in [2.24, 2.45) is 0 Å². The van der Waals surface area contributed by atoms with E-state index in [1.165, 1.54) is 17.0 Å². The lowest BCUT2D eigenvalue weighted by atomic mass is 9.95. The molecule has 4 rings (SSSR count). The Hall–Kier alpha value is -3.78. The zero-order chi connectivity index (χ0) is 25.1. The second-order valence-corrected chi connectivity index (χ2v) is 8.68. The summed E-state index contributed by atoms with van der Waals surface area (Å²) in [6.45, 7) is 4.51. The summed E-state index contributed by atoms with van der Waals surface area (Å²) in [6.07, 6.45) is 0. The number of ketones is 1. The van der Waals surface area contributed by atoms with Gasteiger partial charge in [0.25, 0.3) is 11.7 Å². The third-order valence-electron chi connectivity index (χ3n) is 5.58. The summed E-state index contributed by atoms with van der Waals surface area (Å²) in [4.78, 5) is 27.9. The molecule has 8 heteroatoms. The van der Waals surface area contributed by atoms with Gasteiger partial charge in [0, 0.05) is 21.8 Å². The van der Waals surface area contributed by atoms with Crippen LogP contribution in [-0.2, 0) is 9.59 Å². The molecule has 1 amide bonds. The quantitative estimate of drug-likeness (QED) is 0.232. The molecule has 1 aliphatic rings. The fourth-order valence-corrected chi connectivity index (χ4v) is 4.29. The van der Waals surface area contributed by atoms with E-state index in [1.807, 2.05) is 13.8 Å². The molecule has 2 N–H and O–H groups in total. The first-order chi connectivity index (χ1) is 16.8. The van der Waals surface area contributed by atoms with Crippen LogP contribution in [0.4, 0.5) is 5.69 Å². The minimum atomic E-state index is -0.924. The van der Waals surface area contributed by atoms with E-state index >= 15 is 0 Å². The molecule has 0 spiro atoms. The van der Waals surface area contributed by atoms with Gasteiger partial charge >= 0.3 is 0 Å². The lowest BCUT2D eigenvalue weighted by Gasteiger charge is -2.26. The smallest absolute Gasteiger partial charge is 0.300 e. The first kappa shape index (κ1) is 24.3. The Morgan fingerprint density at radius 1 is 0.914 bits per heavy atom. The van der Waals surface area contributed by atoms with E-state index in [9.17, 15) is 19.8 Å². The van der Waals surface area contributed by atoms with Gasteiger partial charge < -0.3 is 19.7 Å². The molecule has 1 heterocycles. The van der Waals surface area contributed by atoms with E-state index in [2.05, 4.69) is 15.9 Å². The van der Waals surface area contributed by atoms with Crippen molar-refractivity contribution in [1.82, 2.24) is 0 Å². The van der Waals surface area contributed by atoms with Gasteiger partial charge in [-0.2, -0.15) is 0 Å². The van der Waals surface area contributed by atoms with Crippen LogP contribution in [-0.4, -0.2) is 35.1 Å². The number of rotatable bonds is 7. The number of phenols is 1. The number of aliphatic hydroxyl groups is 1. The number of amides is 1. The molecule has 0 saturated carbocycles. The standard InChI is InChI=1S/C27H24BrNO6/c1-3-34-21-14-11-19(15-22(21)35-4-2)29-24(16-7-12-20(30)13-8-16)23(26(32)27(29)33)25(31)17-5-9-18(28)10-6-17/h5-15,24,30-31H,3-4H2,1-2H3/b25-23+. The van der Waals surface area contributed by atoms with Crippen LogP contribution >= 0.6 is 15.9 Å². The number of benzene rings is 3. The van der Waals surface area contributed by atoms with Gasteiger partial charge in [-0.15, -0.1) is 0 Å². The van der Waals surface area contributed by atoms with Crippen molar-refractivity contribution in [2.75, 3.05) is 18.1 Å². The van der Waals surface area contributed by atoms with E-state index in [1.54, 1.807) is 54.6 Å². The van der Waals surface area contributed by atoms with Crippen LogP contribution in [0.15, 0.2) is 76.8 Å². The van der Waals surface area contributed by atoms with Crippen molar-refractivity contribution in [1.29, 1.82) is 0 Å². The van der Waals surface area contributed by atoms with E-state index in [4.69, 9.17) is 9.47 Å². The molecule has 1 unspecified atom stereocenters. The largest absolute Gasteiger partial charge is 0.508 e. The molecular weight excluding hydrogens is 514 g/mol. The molecule has 0 aromatic heterocycles. The number of halogens is 1. The predicted octanol–water partition coefficient (Wildman–Crippen LogP) is 5.58. The molecule has 3 aromatic carbocycles. The predicted molar refractivity (Wildman–Crippen MR) is 136 cm³/mol. The average Bonchev–Trinajstić information content (AvgIpc) is 3.11. The zero-order valence-corrected chi connectivity index (χ0v) is 20.8. The number of aromatic hydroxyl groups is 1. The third-order valence-corrected chi connectivity index (χ3v) is 6.10. The maximum atomic E-state index is 13.3. The summed E-state index contributed by atoms with van der Waals surface area (Å²) in [6, 6.07) is 17.0. The monoisotopic (exact) mass is 537 g/mol. The highest BCUT2D eigenvalue weighted by atomic mass is 79.9. The first-order valence-electron chi connectivity index (χ1n) is 11.1. The minimum Gasteiger partial charge on any atom is -0.508 e. The number of anilines is 1. The zero-order valence-electron chi connectivity index (χ0n) is 19.2. The van der Waals surface area contributed by atoms with E-state index in [0.29, 0.717) is 41.5 Å². The average molecular weight is 538 g/mol. The minimum absolute atomic E-state index is 0.0401. The van der Waals surface area contributed by atoms with Crippen LogP contribution in [0.1, 0.15) is 31.0 Å². The van der Waals surface area contributed by atoms with Crippen molar-refractivity contribution in [3.8, 4) is 17.2 Å². The Balaban J connectivity index is 1.91. The number of aliphatic hydroxyl groups excluding tert-OH is 1. The molecule has 0 radical (unpaired) electrons. The van der Waals surface area contributed by atoms with Crippen molar-refractivity contribution >= 4 is 39.1 Å². The van der Waals surface area contributed by atoms with Crippen LogP contribution in [0.2, 0.25) is 0 Å². The van der Waals surface area contributed by atoms with Gasteiger partial charge in [-0.1, -0.05) is 40.2 Å². The lowest BCUT2D eigenvalue weighted by Crippen LogP contribution is -2.29. The fourth-order valence-electron chi connectivity index (χ4n) is 4.02. The highest BCUT2D eigenvalue weighted by molar-refractivity contribution is 9.10. The second-order valence-electron chi connectivity index (χ2n) is 7.76. The maximum Gasteiger partial charge on any atom is 0.300 e.